The molecule has 3 rings (SSSR count). The standard InChI is InChI=1S/C15H22N4O/c1-17-6-8-18(9-7-17)14-10-13(11-16-12-14)15(20)19-4-2-3-5-19/h10-12H,2-9H2,1H3. The number of hydrogen-bond acceptors (Lipinski definition) is 4. The lowest BCUT2D eigenvalue weighted by molar-refractivity contribution is 0.0792. The maximum Gasteiger partial charge on any atom is 0.255 e. The lowest BCUT2D eigenvalue weighted by atomic mass is 10.2. The molecule has 2 saturated heterocycles. The van der Waals surface area contributed by atoms with Crippen molar-refractivity contribution < 1.29 is 4.79 Å². The molecule has 2 fully saturated rings. The molecule has 0 bridgehead atoms. The van der Waals surface area contributed by atoms with Gasteiger partial charge in [-0.3, -0.25) is 9.78 Å². The lowest BCUT2D eigenvalue weighted by Crippen LogP contribution is -2.44. The second-order valence-corrected chi connectivity index (χ2v) is 5.72. The number of anilines is 1. The molecule has 108 valence electrons. The SMILES string of the molecule is CN1CCN(c2cncc(C(=O)N3CCCC3)c2)CC1. The fourth-order valence-electron chi connectivity index (χ4n) is 2.89. The molecule has 0 aliphatic carbocycles. The van der Waals surface area contributed by atoms with Gasteiger partial charge in [0.2, 0.25) is 0 Å². The summed E-state index contributed by atoms with van der Waals surface area (Å²) in [7, 11) is 2.14. The van der Waals surface area contributed by atoms with Crippen molar-refractivity contribution in [1.29, 1.82) is 0 Å². The summed E-state index contributed by atoms with van der Waals surface area (Å²) in [6.07, 6.45) is 5.81. The zero-order valence-electron chi connectivity index (χ0n) is 12.1. The molecule has 0 aromatic carbocycles. The summed E-state index contributed by atoms with van der Waals surface area (Å²) in [6, 6.07) is 2.00. The predicted octanol–water partition coefficient (Wildman–Crippen LogP) is 1.07. The second-order valence-electron chi connectivity index (χ2n) is 5.72. The van der Waals surface area contributed by atoms with Crippen LogP contribution in [0.15, 0.2) is 18.5 Å². The third kappa shape index (κ3) is 2.77. The summed E-state index contributed by atoms with van der Waals surface area (Å²) >= 11 is 0. The van der Waals surface area contributed by atoms with E-state index in [9.17, 15) is 4.79 Å². The van der Waals surface area contributed by atoms with Gasteiger partial charge in [-0.15, -0.1) is 0 Å². The first-order valence-corrected chi connectivity index (χ1v) is 7.42. The van der Waals surface area contributed by atoms with Crippen molar-refractivity contribution in [1.82, 2.24) is 14.8 Å². The van der Waals surface area contributed by atoms with E-state index in [1.807, 2.05) is 17.2 Å². The summed E-state index contributed by atoms with van der Waals surface area (Å²) in [5.74, 6) is 0.131. The highest BCUT2D eigenvalue weighted by Crippen LogP contribution is 2.19. The molecule has 0 radical (unpaired) electrons. The van der Waals surface area contributed by atoms with Crippen LogP contribution in [0.1, 0.15) is 23.2 Å². The van der Waals surface area contributed by atoms with Crippen LogP contribution in [0.4, 0.5) is 5.69 Å². The molecule has 1 amide bonds. The van der Waals surface area contributed by atoms with Crippen molar-refractivity contribution >= 4 is 11.6 Å². The van der Waals surface area contributed by atoms with Gasteiger partial charge in [0.25, 0.3) is 5.91 Å². The summed E-state index contributed by atoms with van der Waals surface area (Å²) in [6.45, 7) is 5.89. The molecule has 3 heterocycles. The molecule has 0 spiro atoms. The topological polar surface area (TPSA) is 39.7 Å². The Morgan fingerprint density at radius 3 is 2.45 bits per heavy atom. The Kier molecular flexibility index (Phi) is 3.87. The summed E-state index contributed by atoms with van der Waals surface area (Å²) < 4.78 is 0. The number of nitrogens with zero attached hydrogens (tertiary/aromatic N) is 4. The van der Waals surface area contributed by atoms with Crippen LogP contribution in [-0.4, -0.2) is 67.0 Å². The summed E-state index contributed by atoms with van der Waals surface area (Å²) in [5, 5.41) is 0. The van der Waals surface area contributed by atoms with Crippen LogP contribution in [0.3, 0.4) is 0 Å². The number of carbonyl (C=O) groups is 1. The van der Waals surface area contributed by atoms with E-state index in [1.54, 1.807) is 6.20 Å². The Hall–Kier alpha value is -1.62. The number of piperazine rings is 1. The molecular weight excluding hydrogens is 252 g/mol. The van der Waals surface area contributed by atoms with Crippen LogP contribution < -0.4 is 4.90 Å². The highest BCUT2D eigenvalue weighted by Gasteiger charge is 2.21. The monoisotopic (exact) mass is 274 g/mol. The first-order chi connectivity index (χ1) is 9.74. The Morgan fingerprint density at radius 1 is 1.05 bits per heavy atom. The van der Waals surface area contributed by atoms with Gasteiger partial charge in [-0.05, 0) is 26.0 Å². The fraction of sp³-hybridized carbons (Fsp3) is 0.600. The molecule has 2 aliphatic rings. The maximum atomic E-state index is 12.4. The molecule has 0 saturated carbocycles. The molecule has 0 N–H and O–H groups in total. The van der Waals surface area contributed by atoms with Crippen molar-refractivity contribution in [3.8, 4) is 0 Å². The van der Waals surface area contributed by atoms with Crippen molar-refractivity contribution in [3.63, 3.8) is 0 Å². The van der Waals surface area contributed by atoms with Crippen molar-refractivity contribution in [3.05, 3.63) is 24.0 Å². The molecular formula is C15H22N4O. The van der Waals surface area contributed by atoms with Crippen molar-refractivity contribution in [2.75, 3.05) is 51.2 Å². The average molecular weight is 274 g/mol. The Bertz CT molecular complexity index is 477. The number of rotatable bonds is 2. The van der Waals surface area contributed by atoms with Crippen molar-refractivity contribution in [2.24, 2.45) is 0 Å². The number of pyridine rings is 1. The zero-order chi connectivity index (χ0) is 13.9. The number of hydrogen-bond donors (Lipinski definition) is 0. The van der Waals surface area contributed by atoms with Gasteiger partial charge >= 0.3 is 0 Å². The third-order valence-corrected chi connectivity index (χ3v) is 4.23. The third-order valence-electron chi connectivity index (χ3n) is 4.23. The van der Waals surface area contributed by atoms with Gasteiger partial charge in [0.05, 0.1) is 17.4 Å². The molecule has 2 aliphatic heterocycles. The van der Waals surface area contributed by atoms with Crippen LogP contribution in [0.25, 0.3) is 0 Å². The van der Waals surface area contributed by atoms with Gasteiger partial charge in [0.15, 0.2) is 0 Å². The minimum Gasteiger partial charge on any atom is -0.368 e. The van der Waals surface area contributed by atoms with Gasteiger partial charge in [0, 0.05) is 45.5 Å². The maximum absolute atomic E-state index is 12.4. The lowest BCUT2D eigenvalue weighted by Gasteiger charge is -2.34. The average Bonchev–Trinajstić information content (AvgIpc) is 3.01. The van der Waals surface area contributed by atoms with E-state index in [0.29, 0.717) is 0 Å². The van der Waals surface area contributed by atoms with E-state index in [-0.39, 0.29) is 5.91 Å². The second kappa shape index (κ2) is 5.79. The zero-order valence-corrected chi connectivity index (χ0v) is 12.1. The molecule has 0 atom stereocenters. The van der Waals surface area contributed by atoms with E-state index in [0.717, 1.165) is 63.4 Å². The molecule has 5 heteroatoms. The molecule has 5 nitrogen and oxygen atoms in total. The molecule has 0 unspecified atom stereocenters. The smallest absolute Gasteiger partial charge is 0.255 e. The number of likely N-dealkylation sites (N-methyl/N-ethyl adjacent to an activating group) is 1. The first kappa shape index (κ1) is 13.4. The highest BCUT2D eigenvalue weighted by atomic mass is 16.2. The fourth-order valence-corrected chi connectivity index (χ4v) is 2.89. The van der Waals surface area contributed by atoms with Gasteiger partial charge in [-0.1, -0.05) is 0 Å². The molecule has 20 heavy (non-hydrogen) atoms. The normalized spacial score (nSPS) is 20.4. The summed E-state index contributed by atoms with van der Waals surface area (Å²) in [4.78, 5) is 23.2. The van der Waals surface area contributed by atoms with Crippen LogP contribution in [0.5, 0.6) is 0 Å². The predicted molar refractivity (Wildman–Crippen MR) is 79.1 cm³/mol. The van der Waals surface area contributed by atoms with Crippen LogP contribution in [-0.2, 0) is 0 Å². The number of amides is 1. The van der Waals surface area contributed by atoms with Gasteiger partial charge in [0.1, 0.15) is 0 Å². The van der Waals surface area contributed by atoms with E-state index < -0.39 is 0 Å². The van der Waals surface area contributed by atoms with E-state index in [2.05, 4.69) is 21.8 Å². The Labute approximate surface area is 120 Å². The minimum atomic E-state index is 0.131. The summed E-state index contributed by atoms with van der Waals surface area (Å²) in [5.41, 5.74) is 1.80. The largest absolute Gasteiger partial charge is 0.368 e. The van der Waals surface area contributed by atoms with Gasteiger partial charge < -0.3 is 14.7 Å². The van der Waals surface area contributed by atoms with E-state index in [4.69, 9.17) is 0 Å². The number of aromatic nitrogens is 1. The number of carbonyl (C=O) groups excluding carboxylic acids is 1. The molecule has 1 aromatic heterocycles. The number of likely N-dealkylation sites (tertiary alicyclic amines) is 1. The van der Waals surface area contributed by atoms with Crippen LogP contribution in [0.2, 0.25) is 0 Å². The van der Waals surface area contributed by atoms with E-state index >= 15 is 0 Å². The first-order valence-electron chi connectivity index (χ1n) is 7.42. The van der Waals surface area contributed by atoms with Crippen LogP contribution in [0, 0.1) is 0 Å². The Balaban J connectivity index is 1.73. The van der Waals surface area contributed by atoms with Crippen molar-refractivity contribution in [2.45, 2.75) is 12.8 Å². The quantitative estimate of drug-likeness (QED) is 0.809. The van der Waals surface area contributed by atoms with Gasteiger partial charge in [-0.25, -0.2) is 0 Å². The van der Waals surface area contributed by atoms with Gasteiger partial charge in [-0.2, -0.15) is 0 Å². The van der Waals surface area contributed by atoms with Crippen LogP contribution >= 0.6 is 0 Å². The van der Waals surface area contributed by atoms with E-state index in [1.165, 1.54) is 0 Å². The Morgan fingerprint density at radius 2 is 1.75 bits per heavy atom. The molecule has 1 aromatic rings. The minimum absolute atomic E-state index is 0.131. The highest BCUT2D eigenvalue weighted by molar-refractivity contribution is 5.94.